The molecule has 0 saturated heterocycles. The first kappa shape index (κ1) is 12.8. The zero-order valence-corrected chi connectivity index (χ0v) is 9.96. The second-order valence-electron chi connectivity index (χ2n) is 3.98. The lowest BCUT2D eigenvalue weighted by atomic mass is 10.2. The van der Waals surface area contributed by atoms with E-state index in [1.807, 2.05) is 0 Å². The summed E-state index contributed by atoms with van der Waals surface area (Å²) in [5, 5.41) is 20.2. The smallest absolute Gasteiger partial charge is 0.314 e. The van der Waals surface area contributed by atoms with Crippen LogP contribution in [0.25, 0.3) is 0 Å². The third kappa shape index (κ3) is 2.98. The summed E-state index contributed by atoms with van der Waals surface area (Å²) >= 11 is 0. The lowest BCUT2D eigenvalue weighted by Gasteiger charge is -2.07. The Morgan fingerprint density at radius 3 is 2.63 bits per heavy atom. The zero-order chi connectivity index (χ0) is 14.0. The van der Waals surface area contributed by atoms with Gasteiger partial charge in [0.05, 0.1) is 11.0 Å². The quantitative estimate of drug-likeness (QED) is 0.679. The highest BCUT2D eigenvalue weighted by Gasteiger charge is 2.17. The van der Waals surface area contributed by atoms with Crippen molar-refractivity contribution in [2.45, 2.75) is 6.92 Å². The van der Waals surface area contributed by atoms with Crippen LogP contribution in [0.15, 0.2) is 36.4 Å². The van der Waals surface area contributed by atoms with Crippen LogP contribution in [0.3, 0.4) is 0 Å². The fourth-order valence-corrected chi connectivity index (χ4v) is 1.63. The van der Waals surface area contributed by atoms with Crippen molar-refractivity contribution in [3.8, 4) is 17.2 Å². The number of nitro groups is 1. The molecule has 0 unspecified atom stereocenters. The van der Waals surface area contributed by atoms with E-state index in [0.29, 0.717) is 0 Å². The van der Waals surface area contributed by atoms with Crippen LogP contribution in [0.5, 0.6) is 17.2 Å². The average molecular weight is 263 g/mol. The molecule has 0 spiro atoms. The molecule has 0 aliphatic carbocycles. The molecular weight excluding hydrogens is 253 g/mol. The van der Waals surface area contributed by atoms with Crippen molar-refractivity contribution in [3.63, 3.8) is 0 Å². The van der Waals surface area contributed by atoms with E-state index in [2.05, 4.69) is 0 Å². The number of nitro benzene ring substituents is 1. The van der Waals surface area contributed by atoms with Crippen LogP contribution in [0.2, 0.25) is 0 Å². The number of aryl methyl sites for hydroxylation is 1. The van der Waals surface area contributed by atoms with Gasteiger partial charge >= 0.3 is 5.69 Å². The fraction of sp³-hybridized carbons (Fsp3) is 0.0769. The second-order valence-corrected chi connectivity index (χ2v) is 3.98. The van der Waals surface area contributed by atoms with E-state index >= 15 is 0 Å². The van der Waals surface area contributed by atoms with Crippen molar-refractivity contribution in [3.05, 3.63) is 57.9 Å². The number of nitrogens with zero attached hydrogens (tertiary/aromatic N) is 1. The Kier molecular flexibility index (Phi) is 3.33. The van der Waals surface area contributed by atoms with E-state index in [1.165, 1.54) is 18.2 Å². The Morgan fingerprint density at radius 2 is 2.00 bits per heavy atom. The number of aromatic hydroxyl groups is 1. The average Bonchev–Trinajstić information content (AvgIpc) is 2.30. The van der Waals surface area contributed by atoms with Gasteiger partial charge in [0.2, 0.25) is 5.75 Å². The van der Waals surface area contributed by atoms with Crippen LogP contribution in [0.1, 0.15) is 5.56 Å². The molecule has 5 nitrogen and oxygen atoms in total. The first-order valence-corrected chi connectivity index (χ1v) is 5.38. The van der Waals surface area contributed by atoms with Crippen molar-refractivity contribution < 1.29 is 19.2 Å². The van der Waals surface area contributed by atoms with Crippen LogP contribution in [0, 0.1) is 22.9 Å². The normalized spacial score (nSPS) is 10.2. The first-order chi connectivity index (χ1) is 8.95. The molecule has 98 valence electrons. The number of ether oxygens (including phenoxy) is 1. The van der Waals surface area contributed by atoms with Gasteiger partial charge in [-0.2, -0.15) is 0 Å². The van der Waals surface area contributed by atoms with Gasteiger partial charge in [0.25, 0.3) is 0 Å². The van der Waals surface area contributed by atoms with E-state index in [1.54, 1.807) is 13.0 Å². The van der Waals surface area contributed by atoms with E-state index in [9.17, 15) is 19.6 Å². The predicted molar refractivity (Wildman–Crippen MR) is 66.0 cm³/mol. The SMILES string of the molecule is Cc1cc(O)cc(Oc2ccc(F)cc2[N+](=O)[O-])c1. The van der Waals surface area contributed by atoms with Gasteiger partial charge in [0.15, 0.2) is 0 Å². The Hall–Kier alpha value is -2.63. The summed E-state index contributed by atoms with van der Waals surface area (Å²) in [6.45, 7) is 1.74. The summed E-state index contributed by atoms with van der Waals surface area (Å²) in [5.41, 5.74) is 0.265. The number of phenolic OH excluding ortho intramolecular Hbond substituents is 1. The van der Waals surface area contributed by atoms with Gasteiger partial charge in [-0.1, -0.05) is 0 Å². The molecule has 0 aliphatic rings. The highest BCUT2D eigenvalue weighted by molar-refractivity contribution is 5.49. The molecular formula is C13H10FNO4. The van der Waals surface area contributed by atoms with Crippen molar-refractivity contribution in [2.24, 2.45) is 0 Å². The van der Waals surface area contributed by atoms with Crippen LogP contribution < -0.4 is 4.74 Å². The predicted octanol–water partition coefficient (Wildman–Crippen LogP) is 3.54. The van der Waals surface area contributed by atoms with Gasteiger partial charge < -0.3 is 9.84 Å². The Labute approximate surface area is 108 Å². The highest BCUT2D eigenvalue weighted by Crippen LogP contribution is 2.33. The van der Waals surface area contributed by atoms with Gasteiger partial charge in [0, 0.05) is 6.07 Å². The number of halogens is 1. The number of rotatable bonds is 3. The molecule has 0 saturated carbocycles. The van der Waals surface area contributed by atoms with Gasteiger partial charge in [-0.15, -0.1) is 0 Å². The minimum absolute atomic E-state index is 0.0141. The maximum absolute atomic E-state index is 13.0. The van der Waals surface area contributed by atoms with E-state index in [4.69, 9.17) is 4.74 Å². The van der Waals surface area contributed by atoms with E-state index < -0.39 is 16.4 Å². The molecule has 0 amide bonds. The van der Waals surface area contributed by atoms with Gasteiger partial charge in [-0.05, 0) is 36.8 Å². The lowest BCUT2D eigenvalue weighted by Crippen LogP contribution is -1.94. The molecule has 0 aromatic heterocycles. The lowest BCUT2D eigenvalue weighted by molar-refractivity contribution is -0.385. The Morgan fingerprint density at radius 1 is 1.26 bits per heavy atom. The Balaban J connectivity index is 2.40. The summed E-state index contributed by atoms with van der Waals surface area (Å²) in [6.07, 6.45) is 0. The number of hydrogen-bond acceptors (Lipinski definition) is 4. The molecule has 0 atom stereocenters. The summed E-state index contributed by atoms with van der Waals surface area (Å²) in [5.74, 6) is -0.575. The molecule has 2 aromatic rings. The number of phenols is 1. The topological polar surface area (TPSA) is 72.6 Å². The molecule has 2 rings (SSSR count). The number of hydrogen-bond donors (Lipinski definition) is 1. The van der Waals surface area contributed by atoms with Crippen LogP contribution in [0.4, 0.5) is 10.1 Å². The monoisotopic (exact) mass is 263 g/mol. The fourth-order valence-electron chi connectivity index (χ4n) is 1.63. The van der Waals surface area contributed by atoms with Gasteiger partial charge in [-0.25, -0.2) is 4.39 Å². The van der Waals surface area contributed by atoms with Crippen molar-refractivity contribution in [1.29, 1.82) is 0 Å². The summed E-state index contributed by atoms with van der Waals surface area (Å²) < 4.78 is 18.3. The van der Waals surface area contributed by atoms with Crippen LogP contribution in [-0.2, 0) is 0 Å². The minimum atomic E-state index is -0.728. The van der Waals surface area contributed by atoms with Gasteiger partial charge in [-0.3, -0.25) is 10.1 Å². The largest absolute Gasteiger partial charge is 0.508 e. The molecule has 0 radical (unpaired) electrons. The molecule has 0 aliphatic heterocycles. The summed E-state index contributed by atoms with van der Waals surface area (Å²) in [6, 6.07) is 7.47. The van der Waals surface area contributed by atoms with Crippen molar-refractivity contribution in [2.75, 3.05) is 0 Å². The van der Waals surface area contributed by atoms with E-state index in [0.717, 1.165) is 17.7 Å². The molecule has 2 aromatic carbocycles. The maximum Gasteiger partial charge on any atom is 0.314 e. The van der Waals surface area contributed by atoms with Gasteiger partial charge in [0.1, 0.15) is 17.3 Å². The number of benzene rings is 2. The molecule has 0 bridgehead atoms. The summed E-state index contributed by atoms with van der Waals surface area (Å²) in [4.78, 5) is 10.1. The van der Waals surface area contributed by atoms with Crippen LogP contribution >= 0.6 is 0 Å². The van der Waals surface area contributed by atoms with E-state index in [-0.39, 0.29) is 17.2 Å². The van der Waals surface area contributed by atoms with Crippen molar-refractivity contribution >= 4 is 5.69 Å². The third-order valence-corrected chi connectivity index (χ3v) is 2.38. The second kappa shape index (κ2) is 4.93. The molecule has 0 heterocycles. The van der Waals surface area contributed by atoms with Crippen LogP contribution in [-0.4, -0.2) is 10.0 Å². The standard InChI is InChI=1S/C13H10FNO4/c1-8-4-10(16)7-11(5-8)19-13-3-2-9(14)6-12(13)15(17)18/h2-7,16H,1H3. The minimum Gasteiger partial charge on any atom is -0.508 e. The molecule has 6 heteroatoms. The highest BCUT2D eigenvalue weighted by atomic mass is 19.1. The van der Waals surface area contributed by atoms with Crippen molar-refractivity contribution in [1.82, 2.24) is 0 Å². The summed E-state index contributed by atoms with van der Waals surface area (Å²) in [7, 11) is 0. The zero-order valence-electron chi connectivity index (χ0n) is 9.96. The third-order valence-electron chi connectivity index (χ3n) is 2.38. The molecule has 19 heavy (non-hydrogen) atoms. The molecule has 1 N–H and O–H groups in total. The molecule has 0 fully saturated rings. The first-order valence-electron chi connectivity index (χ1n) is 5.38. The Bertz CT molecular complexity index is 622. The maximum atomic E-state index is 13.0.